The zero-order valence-corrected chi connectivity index (χ0v) is 11.1. The van der Waals surface area contributed by atoms with E-state index >= 15 is 0 Å². The zero-order valence-electron chi connectivity index (χ0n) is 11.1. The quantitative estimate of drug-likeness (QED) is 0.684. The SMILES string of the molecule is CNCCC(=O)N1CCN(CC(C)O)C(C)C1. The Bertz CT molecular complexity index is 246. The lowest BCUT2D eigenvalue weighted by atomic mass is 10.1. The number of aliphatic hydroxyl groups is 1. The van der Waals surface area contributed by atoms with Crippen LogP contribution in [0, 0.1) is 0 Å². The molecule has 2 N–H and O–H groups in total. The highest BCUT2D eigenvalue weighted by Crippen LogP contribution is 2.11. The van der Waals surface area contributed by atoms with Crippen molar-refractivity contribution in [3.8, 4) is 0 Å². The summed E-state index contributed by atoms with van der Waals surface area (Å²) < 4.78 is 0. The first-order valence-corrected chi connectivity index (χ1v) is 6.39. The minimum absolute atomic E-state index is 0.225. The van der Waals surface area contributed by atoms with Gasteiger partial charge in [0.25, 0.3) is 0 Å². The number of nitrogens with zero attached hydrogens (tertiary/aromatic N) is 2. The highest BCUT2D eigenvalue weighted by molar-refractivity contribution is 5.76. The number of amides is 1. The molecule has 2 unspecified atom stereocenters. The molecule has 5 nitrogen and oxygen atoms in total. The maximum absolute atomic E-state index is 11.8. The van der Waals surface area contributed by atoms with E-state index in [1.165, 1.54) is 0 Å². The molecule has 0 bridgehead atoms. The first kappa shape index (κ1) is 14.4. The molecule has 100 valence electrons. The lowest BCUT2D eigenvalue weighted by Crippen LogP contribution is -2.55. The molecule has 0 aliphatic carbocycles. The van der Waals surface area contributed by atoms with Crippen molar-refractivity contribution in [2.24, 2.45) is 0 Å². The molecule has 2 atom stereocenters. The van der Waals surface area contributed by atoms with Crippen molar-refractivity contribution in [1.29, 1.82) is 0 Å². The van der Waals surface area contributed by atoms with Gasteiger partial charge in [-0.25, -0.2) is 0 Å². The predicted octanol–water partition coefficient (Wildman–Crippen LogP) is -0.491. The summed E-state index contributed by atoms with van der Waals surface area (Å²) in [6.45, 7) is 7.75. The zero-order chi connectivity index (χ0) is 12.8. The molecule has 1 fully saturated rings. The number of nitrogens with one attached hydrogen (secondary N) is 1. The van der Waals surface area contributed by atoms with Crippen LogP contribution in [0.2, 0.25) is 0 Å². The van der Waals surface area contributed by atoms with Crippen LogP contribution < -0.4 is 5.32 Å². The number of aliphatic hydroxyl groups excluding tert-OH is 1. The highest BCUT2D eigenvalue weighted by atomic mass is 16.3. The van der Waals surface area contributed by atoms with E-state index in [-0.39, 0.29) is 12.0 Å². The molecule has 0 aromatic heterocycles. The minimum Gasteiger partial charge on any atom is -0.392 e. The maximum atomic E-state index is 11.8. The van der Waals surface area contributed by atoms with E-state index in [2.05, 4.69) is 17.1 Å². The van der Waals surface area contributed by atoms with Gasteiger partial charge in [-0.2, -0.15) is 0 Å². The Hall–Kier alpha value is -0.650. The second-order valence-electron chi connectivity index (χ2n) is 4.89. The van der Waals surface area contributed by atoms with Gasteiger partial charge in [0.1, 0.15) is 0 Å². The summed E-state index contributed by atoms with van der Waals surface area (Å²) in [5, 5.41) is 12.4. The Morgan fingerprint density at radius 2 is 2.24 bits per heavy atom. The molecule has 1 rings (SSSR count). The van der Waals surface area contributed by atoms with Gasteiger partial charge in [-0.15, -0.1) is 0 Å². The van der Waals surface area contributed by atoms with Crippen LogP contribution in [0.5, 0.6) is 0 Å². The first-order valence-electron chi connectivity index (χ1n) is 6.39. The summed E-state index contributed by atoms with van der Waals surface area (Å²) in [7, 11) is 1.86. The average Bonchev–Trinajstić information content (AvgIpc) is 2.28. The molecule has 1 saturated heterocycles. The number of hydrogen-bond donors (Lipinski definition) is 2. The second-order valence-corrected chi connectivity index (χ2v) is 4.89. The van der Waals surface area contributed by atoms with Crippen molar-refractivity contribution in [3.05, 3.63) is 0 Å². The standard InChI is InChI=1S/C12H25N3O2/c1-10-8-15(12(17)4-5-13-3)7-6-14(10)9-11(2)16/h10-11,13,16H,4-9H2,1-3H3. The Morgan fingerprint density at radius 3 is 2.76 bits per heavy atom. The summed E-state index contributed by atoms with van der Waals surface area (Å²) in [6, 6.07) is 0.330. The maximum Gasteiger partial charge on any atom is 0.223 e. The van der Waals surface area contributed by atoms with Crippen LogP contribution in [0.15, 0.2) is 0 Å². The van der Waals surface area contributed by atoms with Gasteiger partial charge in [0, 0.05) is 45.2 Å². The molecule has 17 heavy (non-hydrogen) atoms. The van der Waals surface area contributed by atoms with Crippen LogP contribution in [0.25, 0.3) is 0 Å². The van der Waals surface area contributed by atoms with Crippen molar-refractivity contribution in [2.75, 3.05) is 39.8 Å². The summed E-state index contributed by atoms with van der Waals surface area (Å²) in [4.78, 5) is 16.0. The van der Waals surface area contributed by atoms with E-state index in [9.17, 15) is 9.90 Å². The van der Waals surface area contributed by atoms with Crippen molar-refractivity contribution < 1.29 is 9.90 Å². The molecule has 0 radical (unpaired) electrons. The Balaban J connectivity index is 2.38. The van der Waals surface area contributed by atoms with Gasteiger partial charge in [0.05, 0.1) is 6.10 Å². The van der Waals surface area contributed by atoms with Crippen molar-refractivity contribution >= 4 is 5.91 Å². The number of rotatable bonds is 5. The van der Waals surface area contributed by atoms with Crippen LogP contribution in [-0.4, -0.2) is 72.7 Å². The molecular formula is C12H25N3O2. The largest absolute Gasteiger partial charge is 0.392 e. The molecule has 1 aliphatic rings. The Kier molecular flexibility index (Phi) is 5.88. The van der Waals surface area contributed by atoms with Crippen LogP contribution in [0.3, 0.4) is 0 Å². The van der Waals surface area contributed by atoms with E-state index in [1.54, 1.807) is 6.92 Å². The topological polar surface area (TPSA) is 55.8 Å². The molecule has 5 heteroatoms. The van der Waals surface area contributed by atoms with Crippen LogP contribution in [-0.2, 0) is 4.79 Å². The summed E-state index contributed by atoms with van der Waals surface area (Å²) in [6.07, 6.45) is 0.267. The molecule has 0 aromatic rings. The van der Waals surface area contributed by atoms with E-state index in [1.807, 2.05) is 11.9 Å². The predicted molar refractivity (Wildman–Crippen MR) is 67.8 cm³/mol. The van der Waals surface area contributed by atoms with Gasteiger partial charge in [-0.3, -0.25) is 9.69 Å². The van der Waals surface area contributed by atoms with Crippen molar-refractivity contribution in [3.63, 3.8) is 0 Å². The third kappa shape index (κ3) is 4.61. The fraction of sp³-hybridized carbons (Fsp3) is 0.917. The normalized spacial score (nSPS) is 23.8. The number of piperazine rings is 1. The third-order valence-corrected chi connectivity index (χ3v) is 3.21. The monoisotopic (exact) mass is 243 g/mol. The Morgan fingerprint density at radius 1 is 1.53 bits per heavy atom. The number of hydrogen-bond acceptors (Lipinski definition) is 4. The van der Waals surface area contributed by atoms with Crippen LogP contribution >= 0.6 is 0 Å². The Labute approximate surface area is 104 Å². The van der Waals surface area contributed by atoms with Crippen LogP contribution in [0.4, 0.5) is 0 Å². The molecule has 1 amide bonds. The molecule has 1 heterocycles. The molecular weight excluding hydrogens is 218 g/mol. The smallest absolute Gasteiger partial charge is 0.223 e. The number of β-amino-alcohol motifs (C(OH)–C–C–N with tert-alkyl or cyclic N) is 1. The van der Waals surface area contributed by atoms with E-state index in [0.717, 1.165) is 26.2 Å². The van der Waals surface area contributed by atoms with E-state index in [4.69, 9.17) is 0 Å². The highest BCUT2D eigenvalue weighted by Gasteiger charge is 2.26. The number of carbonyl (C=O) groups excluding carboxylic acids is 1. The molecule has 0 saturated carbocycles. The lowest BCUT2D eigenvalue weighted by Gasteiger charge is -2.40. The van der Waals surface area contributed by atoms with Crippen molar-refractivity contribution in [2.45, 2.75) is 32.4 Å². The van der Waals surface area contributed by atoms with Gasteiger partial charge < -0.3 is 15.3 Å². The third-order valence-electron chi connectivity index (χ3n) is 3.21. The first-order chi connectivity index (χ1) is 8.04. The van der Waals surface area contributed by atoms with Gasteiger partial charge in [0.2, 0.25) is 5.91 Å². The average molecular weight is 243 g/mol. The number of carbonyl (C=O) groups is 1. The minimum atomic E-state index is -0.302. The second kappa shape index (κ2) is 6.93. The van der Waals surface area contributed by atoms with Gasteiger partial charge in [-0.05, 0) is 20.9 Å². The van der Waals surface area contributed by atoms with E-state index in [0.29, 0.717) is 19.0 Å². The fourth-order valence-corrected chi connectivity index (χ4v) is 2.22. The van der Waals surface area contributed by atoms with Gasteiger partial charge >= 0.3 is 0 Å². The fourth-order valence-electron chi connectivity index (χ4n) is 2.22. The van der Waals surface area contributed by atoms with Crippen LogP contribution in [0.1, 0.15) is 20.3 Å². The molecule has 1 aliphatic heterocycles. The van der Waals surface area contributed by atoms with Crippen molar-refractivity contribution in [1.82, 2.24) is 15.1 Å². The summed E-state index contributed by atoms with van der Waals surface area (Å²) in [5.41, 5.74) is 0. The van der Waals surface area contributed by atoms with Gasteiger partial charge in [0.15, 0.2) is 0 Å². The molecule has 0 spiro atoms. The summed E-state index contributed by atoms with van der Waals surface area (Å²) >= 11 is 0. The lowest BCUT2D eigenvalue weighted by molar-refractivity contribution is -0.134. The molecule has 0 aromatic carbocycles. The summed E-state index contributed by atoms with van der Waals surface area (Å²) in [5.74, 6) is 0.225. The van der Waals surface area contributed by atoms with E-state index < -0.39 is 0 Å². The van der Waals surface area contributed by atoms with Gasteiger partial charge in [-0.1, -0.05) is 0 Å².